The van der Waals surface area contributed by atoms with Gasteiger partial charge in [0.25, 0.3) is 5.91 Å². The minimum absolute atomic E-state index is 0.287. The summed E-state index contributed by atoms with van der Waals surface area (Å²) in [6.45, 7) is 2.24. The van der Waals surface area contributed by atoms with Gasteiger partial charge in [-0.25, -0.2) is 9.18 Å². The Bertz CT molecular complexity index is 761. The summed E-state index contributed by atoms with van der Waals surface area (Å²) in [5.74, 6) is -0.964. The molecular formula is C19H20FNO5. The van der Waals surface area contributed by atoms with Crippen LogP contribution in [-0.4, -0.2) is 32.2 Å². The number of hydrogen-bond donors (Lipinski definition) is 1. The van der Waals surface area contributed by atoms with Crippen LogP contribution in [0.5, 0.6) is 5.75 Å². The lowest BCUT2D eigenvalue weighted by Crippen LogP contribution is -2.21. The van der Waals surface area contributed by atoms with Crippen molar-refractivity contribution in [2.45, 2.75) is 13.5 Å². The first kappa shape index (κ1) is 19.4. The van der Waals surface area contributed by atoms with E-state index in [2.05, 4.69) is 5.32 Å². The van der Waals surface area contributed by atoms with Gasteiger partial charge in [0.05, 0.1) is 19.3 Å². The van der Waals surface area contributed by atoms with Crippen LogP contribution in [0, 0.1) is 5.82 Å². The summed E-state index contributed by atoms with van der Waals surface area (Å²) in [6.07, 6.45) is 0. The Morgan fingerprint density at radius 2 is 1.85 bits per heavy atom. The fourth-order valence-corrected chi connectivity index (χ4v) is 2.18. The van der Waals surface area contributed by atoms with Crippen molar-refractivity contribution >= 4 is 17.6 Å². The number of nitrogens with one attached hydrogen (secondary N) is 1. The molecular weight excluding hydrogens is 341 g/mol. The van der Waals surface area contributed by atoms with Crippen LogP contribution in [0.15, 0.2) is 42.5 Å². The number of hydrogen-bond acceptors (Lipinski definition) is 5. The first-order valence-electron chi connectivity index (χ1n) is 8.00. The maximum Gasteiger partial charge on any atom is 0.338 e. The van der Waals surface area contributed by atoms with Crippen molar-refractivity contribution in [1.29, 1.82) is 0 Å². The molecule has 0 aliphatic rings. The van der Waals surface area contributed by atoms with Gasteiger partial charge < -0.3 is 19.5 Å². The molecule has 0 saturated carbocycles. The number of halogens is 1. The van der Waals surface area contributed by atoms with E-state index >= 15 is 0 Å². The van der Waals surface area contributed by atoms with Gasteiger partial charge in [-0.3, -0.25) is 4.79 Å². The van der Waals surface area contributed by atoms with E-state index in [-0.39, 0.29) is 5.56 Å². The highest BCUT2D eigenvalue weighted by atomic mass is 19.1. The molecule has 138 valence electrons. The number of carbonyl (C=O) groups is 2. The second-order valence-electron chi connectivity index (χ2n) is 5.29. The van der Waals surface area contributed by atoms with Gasteiger partial charge in [-0.2, -0.15) is 0 Å². The predicted octanol–water partition coefficient (Wildman–Crippen LogP) is 3.17. The minimum atomic E-state index is -0.639. The highest BCUT2D eigenvalue weighted by Crippen LogP contribution is 2.21. The average Bonchev–Trinajstić information content (AvgIpc) is 2.66. The van der Waals surface area contributed by atoms with Gasteiger partial charge in [0.15, 0.2) is 6.61 Å². The van der Waals surface area contributed by atoms with Crippen LogP contribution < -0.4 is 10.1 Å². The molecule has 0 heterocycles. The van der Waals surface area contributed by atoms with Crippen molar-refractivity contribution in [3.05, 3.63) is 59.4 Å². The Balaban J connectivity index is 1.94. The SMILES string of the molecule is CCOCc1cc(C(=O)OCC(=O)Nc2ccc(F)cc2)ccc1OC. The first-order valence-corrected chi connectivity index (χ1v) is 8.00. The van der Waals surface area contributed by atoms with E-state index in [1.54, 1.807) is 18.2 Å². The largest absolute Gasteiger partial charge is 0.496 e. The molecule has 0 aliphatic heterocycles. The summed E-state index contributed by atoms with van der Waals surface area (Å²) in [7, 11) is 1.53. The van der Waals surface area contributed by atoms with Crippen LogP contribution in [0.3, 0.4) is 0 Å². The zero-order chi connectivity index (χ0) is 18.9. The van der Waals surface area contributed by atoms with Crippen LogP contribution in [0.4, 0.5) is 10.1 Å². The summed E-state index contributed by atoms with van der Waals surface area (Å²) in [4.78, 5) is 24.0. The Hall–Kier alpha value is -2.93. The number of esters is 1. The van der Waals surface area contributed by atoms with Gasteiger partial charge in [0, 0.05) is 17.9 Å². The maximum absolute atomic E-state index is 12.8. The molecule has 2 rings (SSSR count). The molecule has 0 atom stereocenters. The normalized spacial score (nSPS) is 10.3. The van der Waals surface area contributed by atoms with E-state index in [1.807, 2.05) is 6.92 Å². The van der Waals surface area contributed by atoms with Crippen molar-refractivity contribution in [2.24, 2.45) is 0 Å². The van der Waals surface area contributed by atoms with E-state index < -0.39 is 24.3 Å². The topological polar surface area (TPSA) is 73.9 Å². The molecule has 0 unspecified atom stereocenters. The number of carbonyl (C=O) groups excluding carboxylic acids is 2. The molecule has 26 heavy (non-hydrogen) atoms. The summed E-state index contributed by atoms with van der Waals surface area (Å²) < 4.78 is 28.4. The summed E-state index contributed by atoms with van der Waals surface area (Å²) in [6, 6.07) is 10.1. The Kier molecular flexibility index (Phi) is 7.11. The van der Waals surface area contributed by atoms with E-state index in [1.165, 1.54) is 31.4 Å². The first-order chi connectivity index (χ1) is 12.5. The van der Waals surface area contributed by atoms with Crippen LogP contribution in [0.1, 0.15) is 22.8 Å². The minimum Gasteiger partial charge on any atom is -0.496 e. The molecule has 1 N–H and O–H groups in total. The van der Waals surface area contributed by atoms with Crippen LogP contribution >= 0.6 is 0 Å². The number of amides is 1. The second-order valence-corrected chi connectivity index (χ2v) is 5.29. The zero-order valence-electron chi connectivity index (χ0n) is 14.6. The molecule has 7 heteroatoms. The Morgan fingerprint density at radius 1 is 1.12 bits per heavy atom. The highest BCUT2D eigenvalue weighted by molar-refractivity contribution is 5.95. The molecule has 0 aliphatic carbocycles. The molecule has 0 saturated heterocycles. The maximum atomic E-state index is 12.8. The van der Waals surface area contributed by atoms with Crippen LogP contribution in [-0.2, 0) is 20.9 Å². The number of methoxy groups -OCH3 is 1. The van der Waals surface area contributed by atoms with E-state index in [9.17, 15) is 14.0 Å². The molecule has 0 aromatic heterocycles. The van der Waals surface area contributed by atoms with Gasteiger partial charge in [-0.15, -0.1) is 0 Å². The monoisotopic (exact) mass is 361 g/mol. The zero-order valence-corrected chi connectivity index (χ0v) is 14.6. The number of benzene rings is 2. The van der Waals surface area contributed by atoms with Gasteiger partial charge in [-0.05, 0) is 49.4 Å². The molecule has 0 radical (unpaired) electrons. The number of rotatable bonds is 8. The fraction of sp³-hybridized carbons (Fsp3) is 0.263. The Labute approximate surface area is 150 Å². The molecule has 2 aromatic carbocycles. The van der Waals surface area contributed by atoms with E-state index in [0.29, 0.717) is 30.2 Å². The molecule has 2 aromatic rings. The summed E-state index contributed by atoms with van der Waals surface area (Å²) in [5.41, 5.74) is 1.41. The number of anilines is 1. The molecule has 0 fully saturated rings. The van der Waals surface area contributed by atoms with Crippen LogP contribution in [0.2, 0.25) is 0 Å². The standard InChI is InChI=1S/C19H20FNO5/c1-3-25-11-14-10-13(4-9-17(14)24-2)19(23)26-12-18(22)21-16-7-5-15(20)6-8-16/h4-10H,3,11-12H2,1-2H3,(H,21,22). The third kappa shape index (κ3) is 5.56. The van der Waals surface area contributed by atoms with Gasteiger partial charge in [0.2, 0.25) is 0 Å². The van der Waals surface area contributed by atoms with Crippen molar-refractivity contribution in [1.82, 2.24) is 0 Å². The third-order valence-corrected chi connectivity index (χ3v) is 3.44. The summed E-state index contributed by atoms with van der Waals surface area (Å²) in [5, 5.41) is 2.51. The molecule has 0 spiro atoms. The predicted molar refractivity (Wildman–Crippen MR) is 93.6 cm³/mol. The lowest BCUT2D eigenvalue weighted by Gasteiger charge is -2.11. The second kappa shape index (κ2) is 9.53. The van der Waals surface area contributed by atoms with E-state index in [4.69, 9.17) is 14.2 Å². The van der Waals surface area contributed by atoms with Crippen molar-refractivity contribution in [3.63, 3.8) is 0 Å². The lowest BCUT2D eigenvalue weighted by atomic mass is 10.1. The van der Waals surface area contributed by atoms with Crippen molar-refractivity contribution in [2.75, 3.05) is 25.6 Å². The van der Waals surface area contributed by atoms with Gasteiger partial charge in [-0.1, -0.05) is 0 Å². The van der Waals surface area contributed by atoms with Crippen LogP contribution in [0.25, 0.3) is 0 Å². The molecule has 1 amide bonds. The molecule has 6 nitrogen and oxygen atoms in total. The average molecular weight is 361 g/mol. The third-order valence-electron chi connectivity index (χ3n) is 3.44. The van der Waals surface area contributed by atoms with Gasteiger partial charge in [0.1, 0.15) is 11.6 Å². The smallest absolute Gasteiger partial charge is 0.338 e. The molecule has 0 bridgehead atoms. The van der Waals surface area contributed by atoms with Gasteiger partial charge >= 0.3 is 5.97 Å². The lowest BCUT2D eigenvalue weighted by molar-refractivity contribution is -0.119. The Morgan fingerprint density at radius 3 is 2.50 bits per heavy atom. The quantitative estimate of drug-likeness (QED) is 0.731. The van der Waals surface area contributed by atoms with Crippen molar-refractivity contribution in [3.8, 4) is 5.75 Å². The fourth-order valence-electron chi connectivity index (χ4n) is 2.18. The summed E-state index contributed by atoms with van der Waals surface area (Å²) >= 11 is 0. The van der Waals surface area contributed by atoms with Crippen molar-refractivity contribution < 1.29 is 28.2 Å². The highest BCUT2D eigenvalue weighted by Gasteiger charge is 2.13. The van der Waals surface area contributed by atoms with E-state index in [0.717, 1.165) is 0 Å². The number of ether oxygens (including phenoxy) is 3.